The Morgan fingerprint density at radius 3 is 2.50 bits per heavy atom. The second-order valence-electron chi connectivity index (χ2n) is 4.70. The van der Waals surface area contributed by atoms with Gasteiger partial charge in [-0.15, -0.1) is 0 Å². The quantitative estimate of drug-likeness (QED) is 0.810. The zero-order valence-corrected chi connectivity index (χ0v) is 11.9. The molecule has 0 aliphatic carbocycles. The number of hydrogen-bond acceptors (Lipinski definition) is 3. The zero-order chi connectivity index (χ0) is 13.5. The molecule has 0 bridgehead atoms. The molecular weight excluding hydrogens is 226 g/mol. The third-order valence-electron chi connectivity index (χ3n) is 3.44. The third kappa shape index (κ3) is 3.91. The molecule has 0 saturated carbocycles. The van der Waals surface area contributed by atoms with Crippen molar-refractivity contribution >= 4 is 0 Å². The molecule has 1 rings (SSSR count). The minimum absolute atomic E-state index is 0.0607. The molecule has 102 valence electrons. The first-order valence-corrected chi connectivity index (χ1v) is 6.67. The predicted octanol–water partition coefficient (Wildman–Crippen LogP) is 3.01. The fourth-order valence-corrected chi connectivity index (χ4v) is 1.70. The van der Waals surface area contributed by atoms with E-state index < -0.39 is 0 Å². The summed E-state index contributed by atoms with van der Waals surface area (Å²) in [6.45, 7) is 6.93. The van der Waals surface area contributed by atoms with Gasteiger partial charge in [0.1, 0.15) is 6.61 Å². The van der Waals surface area contributed by atoms with Crippen LogP contribution < -0.4 is 15.2 Å². The lowest BCUT2D eigenvalue weighted by molar-refractivity contribution is 0.240. The van der Waals surface area contributed by atoms with Gasteiger partial charge in [0.15, 0.2) is 11.5 Å². The lowest BCUT2D eigenvalue weighted by Gasteiger charge is -2.19. The van der Waals surface area contributed by atoms with Crippen molar-refractivity contribution in [3.63, 3.8) is 0 Å². The molecule has 2 unspecified atom stereocenters. The van der Waals surface area contributed by atoms with Crippen LogP contribution in [0.25, 0.3) is 0 Å². The van der Waals surface area contributed by atoms with Gasteiger partial charge in [0.05, 0.1) is 7.11 Å². The molecule has 0 heterocycles. The fraction of sp³-hybridized carbons (Fsp3) is 0.600. The monoisotopic (exact) mass is 251 g/mol. The van der Waals surface area contributed by atoms with E-state index in [2.05, 4.69) is 26.8 Å². The van der Waals surface area contributed by atoms with Crippen molar-refractivity contribution in [1.82, 2.24) is 0 Å². The third-order valence-corrected chi connectivity index (χ3v) is 3.44. The topological polar surface area (TPSA) is 44.5 Å². The Kier molecular flexibility index (Phi) is 5.99. The van der Waals surface area contributed by atoms with Crippen LogP contribution in [0.15, 0.2) is 18.2 Å². The molecule has 0 aromatic heterocycles. The van der Waals surface area contributed by atoms with Gasteiger partial charge >= 0.3 is 0 Å². The van der Waals surface area contributed by atoms with Crippen molar-refractivity contribution in [3.05, 3.63) is 23.8 Å². The van der Waals surface area contributed by atoms with Gasteiger partial charge in [-0.25, -0.2) is 0 Å². The van der Waals surface area contributed by atoms with Crippen molar-refractivity contribution in [1.29, 1.82) is 0 Å². The second-order valence-corrected chi connectivity index (χ2v) is 4.70. The first-order valence-electron chi connectivity index (χ1n) is 6.67. The molecular formula is C15H25NO2. The van der Waals surface area contributed by atoms with Crippen LogP contribution in [0, 0.1) is 5.92 Å². The first kappa shape index (κ1) is 14.8. The second kappa shape index (κ2) is 7.27. The summed E-state index contributed by atoms with van der Waals surface area (Å²) in [6, 6.07) is 6.10. The minimum atomic E-state index is 0.0607. The number of nitrogens with two attached hydrogens (primary N) is 1. The van der Waals surface area contributed by atoms with E-state index in [9.17, 15) is 0 Å². The number of methoxy groups -OCH3 is 1. The smallest absolute Gasteiger partial charge is 0.161 e. The van der Waals surface area contributed by atoms with Crippen LogP contribution in [0.4, 0.5) is 0 Å². The highest BCUT2D eigenvalue weighted by Gasteiger charge is 2.13. The molecule has 1 aromatic rings. The SMILES string of the molecule is CCc1ccc(OCC(N)C(C)CC)c(OC)c1. The van der Waals surface area contributed by atoms with E-state index in [1.165, 1.54) is 5.56 Å². The Bertz CT molecular complexity index is 366. The molecule has 18 heavy (non-hydrogen) atoms. The van der Waals surface area contributed by atoms with Crippen LogP contribution >= 0.6 is 0 Å². The van der Waals surface area contributed by atoms with Crippen LogP contribution in [-0.4, -0.2) is 19.8 Å². The average Bonchev–Trinajstić information content (AvgIpc) is 2.43. The lowest BCUT2D eigenvalue weighted by Crippen LogP contribution is -2.34. The van der Waals surface area contributed by atoms with Gasteiger partial charge < -0.3 is 15.2 Å². The molecule has 2 atom stereocenters. The zero-order valence-electron chi connectivity index (χ0n) is 11.9. The van der Waals surface area contributed by atoms with Crippen LogP contribution in [0.1, 0.15) is 32.8 Å². The summed E-state index contributed by atoms with van der Waals surface area (Å²) < 4.78 is 11.1. The predicted molar refractivity (Wildman–Crippen MR) is 75.3 cm³/mol. The summed E-state index contributed by atoms with van der Waals surface area (Å²) >= 11 is 0. The van der Waals surface area contributed by atoms with Gasteiger partial charge in [-0.1, -0.05) is 33.3 Å². The maximum Gasteiger partial charge on any atom is 0.161 e. The maximum atomic E-state index is 6.06. The van der Waals surface area contributed by atoms with Gasteiger partial charge in [0, 0.05) is 6.04 Å². The molecule has 0 aliphatic heterocycles. The van der Waals surface area contributed by atoms with E-state index in [1.54, 1.807) is 7.11 Å². The van der Waals surface area contributed by atoms with Crippen molar-refractivity contribution in [2.24, 2.45) is 11.7 Å². The summed E-state index contributed by atoms with van der Waals surface area (Å²) in [7, 11) is 1.66. The Balaban J connectivity index is 2.67. The number of ether oxygens (including phenoxy) is 2. The molecule has 0 radical (unpaired) electrons. The Hall–Kier alpha value is -1.22. The largest absolute Gasteiger partial charge is 0.493 e. The Morgan fingerprint density at radius 2 is 1.94 bits per heavy atom. The number of benzene rings is 1. The van der Waals surface area contributed by atoms with E-state index in [1.807, 2.05) is 12.1 Å². The highest BCUT2D eigenvalue weighted by Crippen LogP contribution is 2.28. The molecule has 0 fully saturated rings. The van der Waals surface area contributed by atoms with Crippen molar-refractivity contribution in [2.75, 3.05) is 13.7 Å². The molecule has 3 nitrogen and oxygen atoms in total. The van der Waals surface area contributed by atoms with Crippen molar-refractivity contribution in [2.45, 2.75) is 39.7 Å². The van der Waals surface area contributed by atoms with Gasteiger partial charge in [0.25, 0.3) is 0 Å². The Labute approximate surface area is 110 Å². The van der Waals surface area contributed by atoms with E-state index in [0.717, 1.165) is 24.3 Å². The van der Waals surface area contributed by atoms with Crippen LogP contribution in [0.2, 0.25) is 0 Å². The number of aryl methyl sites for hydroxylation is 1. The van der Waals surface area contributed by atoms with E-state index in [4.69, 9.17) is 15.2 Å². The van der Waals surface area contributed by atoms with Gasteiger partial charge in [-0.2, -0.15) is 0 Å². The summed E-state index contributed by atoms with van der Waals surface area (Å²) in [6.07, 6.45) is 2.06. The molecule has 1 aromatic carbocycles. The van der Waals surface area contributed by atoms with Gasteiger partial charge in [-0.3, -0.25) is 0 Å². The first-order chi connectivity index (χ1) is 8.62. The van der Waals surface area contributed by atoms with E-state index >= 15 is 0 Å². The fourth-order valence-electron chi connectivity index (χ4n) is 1.70. The Morgan fingerprint density at radius 1 is 1.22 bits per heavy atom. The molecule has 2 N–H and O–H groups in total. The molecule has 0 spiro atoms. The minimum Gasteiger partial charge on any atom is -0.493 e. The molecule has 0 amide bonds. The van der Waals surface area contributed by atoms with Gasteiger partial charge in [0.2, 0.25) is 0 Å². The lowest BCUT2D eigenvalue weighted by atomic mass is 10.0. The highest BCUT2D eigenvalue weighted by molar-refractivity contribution is 5.42. The van der Waals surface area contributed by atoms with E-state index in [0.29, 0.717) is 12.5 Å². The van der Waals surface area contributed by atoms with Gasteiger partial charge in [-0.05, 0) is 30.0 Å². The summed E-state index contributed by atoms with van der Waals surface area (Å²) in [4.78, 5) is 0. The van der Waals surface area contributed by atoms with Crippen molar-refractivity contribution in [3.8, 4) is 11.5 Å². The van der Waals surface area contributed by atoms with Crippen molar-refractivity contribution < 1.29 is 9.47 Å². The highest BCUT2D eigenvalue weighted by atomic mass is 16.5. The summed E-state index contributed by atoms with van der Waals surface area (Å²) in [5.74, 6) is 2.02. The van der Waals surface area contributed by atoms with Crippen LogP contribution in [0.5, 0.6) is 11.5 Å². The number of hydrogen-bond donors (Lipinski definition) is 1. The average molecular weight is 251 g/mol. The van der Waals surface area contributed by atoms with Crippen LogP contribution in [0.3, 0.4) is 0 Å². The number of rotatable bonds is 7. The standard InChI is InChI=1S/C15H25NO2/c1-5-11(3)13(16)10-18-14-8-7-12(6-2)9-15(14)17-4/h7-9,11,13H,5-6,10,16H2,1-4H3. The van der Waals surface area contributed by atoms with E-state index in [-0.39, 0.29) is 6.04 Å². The normalized spacial score (nSPS) is 14.1. The summed E-state index contributed by atoms with van der Waals surface area (Å²) in [5.41, 5.74) is 7.30. The molecule has 0 saturated heterocycles. The molecule has 0 aliphatic rings. The summed E-state index contributed by atoms with van der Waals surface area (Å²) in [5, 5.41) is 0. The van der Waals surface area contributed by atoms with Crippen LogP contribution in [-0.2, 0) is 6.42 Å². The maximum absolute atomic E-state index is 6.06. The molecule has 3 heteroatoms.